The number of nitrogens with one attached hydrogen (secondary N) is 3. The summed E-state index contributed by atoms with van der Waals surface area (Å²) in [4.78, 5) is 53.2. The van der Waals surface area contributed by atoms with Gasteiger partial charge in [0.25, 0.3) is 0 Å². The van der Waals surface area contributed by atoms with Crippen molar-refractivity contribution in [3.63, 3.8) is 0 Å². The zero-order valence-electron chi connectivity index (χ0n) is 23.6. The van der Waals surface area contributed by atoms with Gasteiger partial charge in [0.05, 0.1) is 12.1 Å². The third-order valence-corrected chi connectivity index (χ3v) is 5.02. The number of guanidine groups is 1. The number of amides is 3. The van der Waals surface area contributed by atoms with Gasteiger partial charge in [0.15, 0.2) is 0 Å². The van der Waals surface area contributed by atoms with E-state index in [9.17, 15) is 19.2 Å². The Balaban J connectivity index is 1.70. The molecule has 0 aliphatic heterocycles. The number of alkyl carbamates (subject to hydrolysis) is 2. The third kappa shape index (κ3) is 9.57. The normalized spacial score (nSPS) is 11.4. The maximum absolute atomic E-state index is 12.6. The molecule has 3 amide bonds. The monoisotopic (exact) mass is 550 g/mol. The third-order valence-electron chi connectivity index (χ3n) is 5.02. The van der Waals surface area contributed by atoms with E-state index in [-0.39, 0.29) is 18.3 Å². The smallest absolute Gasteiger partial charge is 0.414 e. The van der Waals surface area contributed by atoms with Crippen LogP contribution in [-0.4, -0.2) is 35.3 Å². The van der Waals surface area contributed by atoms with E-state index in [4.69, 9.17) is 13.9 Å². The molecule has 0 aliphatic rings. The summed E-state index contributed by atoms with van der Waals surface area (Å²) >= 11 is 0. The lowest BCUT2D eigenvalue weighted by Gasteiger charge is -2.22. The topological polar surface area (TPSA) is 148 Å². The molecule has 0 saturated heterocycles. The average Bonchev–Trinajstić information content (AvgIpc) is 2.77. The van der Waals surface area contributed by atoms with Gasteiger partial charge in [0.2, 0.25) is 11.9 Å². The van der Waals surface area contributed by atoms with Crippen molar-refractivity contribution >= 4 is 46.4 Å². The Hall–Kier alpha value is -4.67. The molecule has 0 spiro atoms. The Morgan fingerprint density at radius 3 is 1.98 bits per heavy atom. The Morgan fingerprint density at radius 2 is 1.43 bits per heavy atom. The molecule has 0 saturated carbocycles. The lowest BCUT2D eigenvalue weighted by Crippen LogP contribution is -2.47. The highest BCUT2D eigenvalue weighted by molar-refractivity contribution is 6.02. The highest BCUT2D eigenvalue weighted by atomic mass is 16.6. The van der Waals surface area contributed by atoms with Crippen LogP contribution in [0.4, 0.5) is 21.0 Å². The van der Waals surface area contributed by atoms with Crippen LogP contribution in [0, 0.1) is 6.92 Å². The minimum atomic E-state index is -0.807. The van der Waals surface area contributed by atoms with E-state index in [1.807, 2.05) is 6.92 Å². The fourth-order valence-electron chi connectivity index (χ4n) is 3.50. The molecule has 3 rings (SSSR count). The van der Waals surface area contributed by atoms with E-state index in [1.165, 1.54) is 6.07 Å². The number of benzene rings is 2. The van der Waals surface area contributed by atoms with Crippen molar-refractivity contribution in [2.45, 2.75) is 66.1 Å². The Labute approximate surface area is 232 Å². The van der Waals surface area contributed by atoms with Gasteiger partial charge >= 0.3 is 17.8 Å². The minimum absolute atomic E-state index is 0.0684. The van der Waals surface area contributed by atoms with E-state index < -0.39 is 29.0 Å². The van der Waals surface area contributed by atoms with E-state index >= 15 is 0 Å². The number of nitrogens with zero attached hydrogens (tertiary/aromatic N) is 1. The van der Waals surface area contributed by atoms with Crippen LogP contribution in [-0.2, 0) is 20.7 Å². The van der Waals surface area contributed by atoms with Crippen molar-refractivity contribution in [1.29, 1.82) is 0 Å². The number of rotatable bonds is 4. The van der Waals surface area contributed by atoms with Crippen LogP contribution in [0.5, 0.6) is 0 Å². The van der Waals surface area contributed by atoms with E-state index in [0.29, 0.717) is 22.5 Å². The van der Waals surface area contributed by atoms with Crippen LogP contribution in [0.1, 0.15) is 52.7 Å². The number of fused-ring (bicyclic) bond motifs is 1. The van der Waals surface area contributed by atoms with Crippen molar-refractivity contribution in [3.8, 4) is 0 Å². The zero-order valence-corrected chi connectivity index (χ0v) is 23.6. The number of hydrogen-bond donors (Lipinski definition) is 3. The fraction of sp³-hybridized carbons (Fsp3) is 0.345. The first-order chi connectivity index (χ1) is 18.6. The van der Waals surface area contributed by atoms with Gasteiger partial charge < -0.3 is 19.2 Å². The number of anilines is 1. The molecular weight excluding hydrogens is 516 g/mol. The first kappa shape index (κ1) is 29.9. The van der Waals surface area contributed by atoms with E-state index in [2.05, 4.69) is 20.9 Å². The number of aliphatic imine (C=N–C) groups is 1. The predicted molar refractivity (Wildman–Crippen MR) is 152 cm³/mol. The maximum Gasteiger partial charge on any atom is 0.414 e. The van der Waals surface area contributed by atoms with Crippen LogP contribution in [0.25, 0.3) is 11.0 Å². The molecule has 1 heterocycles. The summed E-state index contributed by atoms with van der Waals surface area (Å²) in [5.41, 5.74) is 0.790. The summed E-state index contributed by atoms with van der Waals surface area (Å²) in [6.45, 7) is 12.1. The maximum atomic E-state index is 12.6. The molecule has 40 heavy (non-hydrogen) atoms. The SMILES string of the molecule is Cc1cc(=O)oc2cc(NC(=O)Cc3ccc(N=C(NC(=O)OC(C)(C)C)NC(=O)OC(C)(C)C)cc3)ccc12. The number of ether oxygens (including phenoxy) is 2. The van der Waals surface area contributed by atoms with Crippen LogP contribution < -0.4 is 21.6 Å². The second-order valence-corrected chi connectivity index (χ2v) is 11.1. The molecular formula is C29H34N4O7. The summed E-state index contributed by atoms with van der Waals surface area (Å²) in [5, 5.41) is 8.42. The molecule has 1 aromatic heterocycles. The second-order valence-electron chi connectivity index (χ2n) is 11.1. The summed E-state index contributed by atoms with van der Waals surface area (Å²) in [6.07, 6.45) is -1.55. The predicted octanol–water partition coefficient (Wildman–Crippen LogP) is 5.32. The van der Waals surface area contributed by atoms with Crippen LogP contribution >= 0.6 is 0 Å². The Kier molecular flexibility index (Phi) is 8.98. The largest absolute Gasteiger partial charge is 0.444 e. The van der Waals surface area contributed by atoms with Gasteiger partial charge in [-0.25, -0.2) is 19.4 Å². The molecule has 0 aliphatic carbocycles. The molecule has 0 unspecified atom stereocenters. The van der Waals surface area contributed by atoms with E-state index in [1.54, 1.807) is 84.0 Å². The van der Waals surface area contributed by atoms with Crippen molar-refractivity contribution in [1.82, 2.24) is 10.6 Å². The number of hydrogen-bond acceptors (Lipinski definition) is 8. The molecule has 3 N–H and O–H groups in total. The molecule has 0 fully saturated rings. The van der Waals surface area contributed by atoms with Gasteiger partial charge in [-0.15, -0.1) is 0 Å². The molecule has 0 atom stereocenters. The summed E-state index contributed by atoms with van der Waals surface area (Å²) < 4.78 is 15.7. The van der Waals surface area contributed by atoms with Gasteiger partial charge in [0, 0.05) is 23.2 Å². The van der Waals surface area contributed by atoms with Crippen molar-refractivity contribution in [2.24, 2.45) is 4.99 Å². The highest BCUT2D eigenvalue weighted by Gasteiger charge is 2.21. The minimum Gasteiger partial charge on any atom is -0.444 e. The van der Waals surface area contributed by atoms with Crippen LogP contribution in [0.2, 0.25) is 0 Å². The fourth-order valence-corrected chi connectivity index (χ4v) is 3.50. The van der Waals surface area contributed by atoms with E-state index in [0.717, 1.165) is 10.9 Å². The van der Waals surface area contributed by atoms with Crippen LogP contribution in [0.15, 0.2) is 62.7 Å². The summed E-state index contributed by atoms with van der Waals surface area (Å²) in [7, 11) is 0. The molecule has 0 bridgehead atoms. The van der Waals surface area contributed by atoms with Crippen molar-refractivity contribution < 1.29 is 28.3 Å². The highest BCUT2D eigenvalue weighted by Crippen LogP contribution is 2.21. The molecule has 11 nitrogen and oxygen atoms in total. The number of carbonyl (C=O) groups excluding carboxylic acids is 3. The molecule has 3 aromatic rings. The summed E-state index contributed by atoms with van der Waals surface area (Å²) in [6, 6.07) is 13.2. The first-order valence-corrected chi connectivity index (χ1v) is 12.6. The Morgan fingerprint density at radius 1 is 0.850 bits per heavy atom. The lowest BCUT2D eigenvalue weighted by molar-refractivity contribution is -0.115. The first-order valence-electron chi connectivity index (χ1n) is 12.6. The molecule has 2 aromatic carbocycles. The van der Waals surface area contributed by atoms with Gasteiger partial charge in [-0.05, 0) is 83.9 Å². The average molecular weight is 551 g/mol. The number of aryl methyl sites for hydroxylation is 1. The molecule has 11 heteroatoms. The lowest BCUT2D eigenvalue weighted by atomic mass is 10.1. The molecule has 212 valence electrons. The standard InChI is InChI=1S/C29H34N4O7/c1-17-14-24(35)38-22-16-20(12-13-21(17)22)30-23(34)15-18-8-10-19(11-9-18)31-25(32-26(36)39-28(2,3)4)33-27(37)40-29(5,6)7/h8-14,16H,15H2,1-7H3,(H,30,34)(H2,31,32,33,36,37). The van der Waals surface area contributed by atoms with Gasteiger partial charge in [-0.1, -0.05) is 12.1 Å². The van der Waals surface area contributed by atoms with Gasteiger partial charge in [-0.2, -0.15) is 0 Å². The van der Waals surface area contributed by atoms with Crippen molar-refractivity contribution in [2.75, 3.05) is 5.32 Å². The van der Waals surface area contributed by atoms with Crippen LogP contribution in [0.3, 0.4) is 0 Å². The zero-order chi connectivity index (χ0) is 29.7. The Bertz CT molecular complexity index is 1460. The molecule has 0 radical (unpaired) electrons. The van der Waals surface area contributed by atoms with Gasteiger partial charge in [0.1, 0.15) is 16.8 Å². The second kappa shape index (κ2) is 12.0. The van der Waals surface area contributed by atoms with Crippen molar-refractivity contribution in [3.05, 3.63) is 70.1 Å². The summed E-state index contributed by atoms with van der Waals surface area (Å²) in [5.74, 6) is -0.461. The van der Waals surface area contributed by atoms with Gasteiger partial charge in [-0.3, -0.25) is 15.4 Å². The number of carbonyl (C=O) groups is 3. The quantitative estimate of drug-likeness (QED) is 0.226.